The zero-order valence-corrected chi connectivity index (χ0v) is 11.1. The van der Waals surface area contributed by atoms with Gasteiger partial charge in [0, 0.05) is 13.1 Å². The Balaban J connectivity index is 1.75. The predicted octanol–water partition coefficient (Wildman–Crippen LogP) is 0.848. The second-order valence-corrected chi connectivity index (χ2v) is 7.95. The summed E-state index contributed by atoms with van der Waals surface area (Å²) in [7, 11) is -2.85. The van der Waals surface area contributed by atoms with Crippen molar-refractivity contribution in [2.45, 2.75) is 55.8 Å². The summed E-state index contributed by atoms with van der Waals surface area (Å²) in [5.41, 5.74) is -0.597. The highest BCUT2D eigenvalue weighted by molar-refractivity contribution is 7.92. The fourth-order valence-corrected chi connectivity index (χ4v) is 4.74. The molecule has 0 aromatic carbocycles. The van der Waals surface area contributed by atoms with Crippen molar-refractivity contribution in [1.29, 1.82) is 0 Å². The zero-order chi connectivity index (χ0) is 12.4. The first-order chi connectivity index (χ1) is 8.02. The quantitative estimate of drug-likeness (QED) is 0.787. The average Bonchev–Trinajstić information content (AvgIpc) is 2.59. The van der Waals surface area contributed by atoms with Crippen LogP contribution in [-0.2, 0) is 9.84 Å². The first-order valence-electron chi connectivity index (χ1n) is 6.67. The smallest absolute Gasteiger partial charge is 0.154 e. The molecule has 100 valence electrons. The molecule has 4 nitrogen and oxygen atoms in total. The maximum Gasteiger partial charge on any atom is 0.154 e. The molecule has 0 spiro atoms. The summed E-state index contributed by atoms with van der Waals surface area (Å²) in [6.07, 6.45) is 6.63. The molecule has 0 aromatic rings. The summed E-state index contributed by atoms with van der Waals surface area (Å²) in [5.74, 6) is 0.337. The van der Waals surface area contributed by atoms with Crippen molar-refractivity contribution in [1.82, 2.24) is 5.32 Å². The van der Waals surface area contributed by atoms with Gasteiger partial charge in [0.1, 0.15) is 0 Å². The molecule has 1 saturated heterocycles. The molecule has 5 heteroatoms. The number of hydrogen-bond acceptors (Lipinski definition) is 4. The Bertz CT molecular complexity index is 347. The minimum Gasteiger partial charge on any atom is -0.389 e. The van der Waals surface area contributed by atoms with E-state index in [0.29, 0.717) is 18.8 Å². The van der Waals surface area contributed by atoms with Gasteiger partial charge >= 0.3 is 0 Å². The minimum atomic E-state index is -2.85. The number of hydrogen-bond donors (Lipinski definition) is 2. The second kappa shape index (κ2) is 5.24. The van der Waals surface area contributed by atoms with Crippen LogP contribution in [0.5, 0.6) is 0 Å². The van der Waals surface area contributed by atoms with Crippen LogP contribution >= 0.6 is 0 Å². The van der Waals surface area contributed by atoms with E-state index in [2.05, 4.69) is 5.32 Å². The van der Waals surface area contributed by atoms with Gasteiger partial charge in [-0.05, 0) is 25.7 Å². The Morgan fingerprint density at radius 3 is 2.47 bits per heavy atom. The molecule has 2 fully saturated rings. The number of aliphatic hydroxyl groups is 1. The molecule has 0 aromatic heterocycles. The summed E-state index contributed by atoms with van der Waals surface area (Å²) in [6, 6.07) is 0. The molecule has 1 aliphatic heterocycles. The van der Waals surface area contributed by atoms with E-state index in [1.54, 1.807) is 0 Å². The highest BCUT2D eigenvalue weighted by Gasteiger charge is 2.33. The molecule has 0 radical (unpaired) electrons. The normalized spacial score (nSPS) is 31.5. The van der Waals surface area contributed by atoms with Crippen LogP contribution in [0.1, 0.15) is 44.9 Å². The predicted molar refractivity (Wildman–Crippen MR) is 67.7 cm³/mol. The lowest BCUT2D eigenvalue weighted by Gasteiger charge is -2.32. The van der Waals surface area contributed by atoms with Gasteiger partial charge in [-0.2, -0.15) is 0 Å². The highest BCUT2D eigenvalue weighted by atomic mass is 32.2. The molecule has 1 unspecified atom stereocenters. The Morgan fingerprint density at radius 2 is 1.88 bits per heavy atom. The molecule has 0 amide bonds. The molecule has 17 heavy (non-hydrogen) atoms. The Morgan fingerprint density at radius 1 is 1.18 bits per heavy atom. The van der Waals surface area contributed by atoms with E-state index in [4.69, 9.17) is 0 Å². The maximum atomic E-state index is 11.6. The van der Waals surface area contributed by atoms with E-state index in [9.17, 15) is 13.5 Å². The molecule has 1 aliphatic carbocycles. The van der Waals surface area contributed by atoms with Crippen molar-refractivity contribution in [2.75, 3.05) is 18.8 Å². The number of rotatable bonds is 4. The SMILES string of the molecule is O=S1(=O)CCCC1CNCC1(O)CCCCC1. The highest BCUT2D eigenvalue weighted by Crippen LogP contribution is 2.27. The van der Waals surface area contributed by atoms with Crippen molar-refractivity contribution < 1.29 is 13.5 Å². The van der Waals surface area contributed by atoms with Gasteiger partial charge in [-0.1, -0.05) is 19.3 Å². The van der Waals surface area contributed by atoms with E-state index < -0.39 is 15.4 Å². The summed E-state index contributed by atoms with van der Waals surface area (Å²) in [4.78, 5) is 0. The summed E-state index contributed by atoms with van der Waals surface area (Å²) in [5, 5.41) is 13.2. The van der Waals surface area contributed by atoms with Crippen LogP contribution in [0.4, 0.5) is 0 Å². The van der Waals surface area contributed by atoms with E-state index >= 15 is 0 Å². The molecule has 0 bridgehead atoms. The van der Waals surface area contributed by atoms with E-state index in [1.807, 2.05) is 0 Å². The van der Waals surface area contributed by atoms with Crippen molar-refractivity contribution >= 4 is 9.84 Å². The van der Waals surface area contributed by atoms with E-state index in [-0.39, 0.29) is 5.25 Å². The third-order valence-corrected chi connectivity index (χ3v) is 6.35. The molecule has 2 rings (SSSR count). The van der Waals surface area contributed by atoms with Crippen LogP contribution in [0.2, 0.25) is 0 Å². The first-order valence-corrected chi connectivity index (χ1v) is 8.38. The minimum absolute atomic E-state index is 0.227. The first kappa shape index (κ1) is 13.3. The molecule has 2 aliphatic rings. The van der Waals surface area contributed by atoms with Gasteiger partial charge in [-0.25, -0.2) is 8.42 Å². The lowest BCUT2D eigenvalue weighted by atomic mass is 9.85. The lowest BCUT2D eigenvalue weighted by Crippen LogP contribution is -2.44. The van der Waals surface area contributed by atoms with Gasteiger partial charge in [0.2, 0.25) is 0 Å². The Hall–Kier alpha value is -0.130. The summed E-state index contributed by atoms with van der Waals surface area (Å²) in [6.45, 7) is 1.05. The molecular weight excluding hydrogens is 238 g/mol. The van der Waals surface area contributed by atoms with Gasteiger partial charge < -0.3 is 10.4 Å². The Labute approximate surface area is 104 Å². The van der Waals surface area contributed by atoms with Crippen LogP contribution < -0.4 is 5.32 Å². The van der Waals surface area contributed by atoms with E-state index in [0.717, 1.165) is 38.5 Å². The number of sulfone groups is 1. The molecule has 1 saturated carbocycles. The topological polar surface area (TPSA) is 66.4 Å². The fraction of sp³-hybridized carbons (Fsp3) is 1.00. The largest absolute Gasteiger partial charge is 0.389 e. The lowest BCUT2D eigenvalue weighted by molar-refractivity contribution is 0.00511. The van der Waals surface area contributed by atoms with Crippen molar-refractivity contribution in [2.24, 2.45) is 0 Å². The van der Waals surface area contributed by atoms with E-state index in [1.165, 1.54) is 6.42 Å². The fourth-order valence-electron chi connectivity index (χ4n) is 2.94. The molecular formula is C12H23NO3S. The van der Waals surface area contributed by atoms with Gasteiger partial charge in [0.05, 0.1) is 16.6 Å². The van der Waals surface area contributed by atoms with Crippen LogP contribution in [0, 0.1) is 0 Å². The van der Waals surface area contributed by atoms with Crippen molar-refractivity contribution in [3.63, 3.8) is 0 Å². The van der Waals surface area contributed by atoms with Gasteiger partial charge in [0.15, 0.2) is 9.84 Å². The zero-order valence-electron chi connectivity index (χ0n) is 10.3. The summed E-state index contributed by atoms with van der Waals surface area (Å²) < 4.78 is 23.2. The maximum absolute atomic E-state index is 11.6. The third-order valence-electron chi connectivity index (χ3n) is 4.07. The monoisotopic (exact) mass is 261 g/mol. The molecule has 2 N–H and O–H groups in total. The number of nitrogens with one attached hydrogen (secondary N) is 1. The molecule has 1 atom stereocenters. The van der Waals surface area contributed by atoms with Crippen LogP contribution in [-0.4, -0.2) is 43.2 Å². The summed E-state index contributed by atoms with van der Waals surface area (Å²) >= 11 is 0. The Kier molecular flexibility index (Phi) is 4.10. The standard InChI is InChI=1S/C12H23NO3S/c14-12(6-2-1-3-7-12)10-13-9-11-5-4-8-17(11,15)16/h11,13-14H,1-10H2. The van der Waals surface area contributed by atoms with Gasteiger partial charge in [-0.15, -0.1) is 0 Å². The second-order valence-electron chi connectivity index (χ2n) is 5.55. The van der Waals surface area contributed by atoms with Crippen LogP contribution in [0.25, 0.3) is 0 Å². The van der Waals surface area contributed by atoms with Crippen LogP contribution in [0.15, 0.2) is 0 Å². The molecule has 1 heterocycles. The third kappa shape index (κ3) is 3.42. The van der Waals surface area contributed by atoms with Gasteiger partial charge in [-0.3, -0.25) is 0 Å². The van der Waals surface area contributed by atoms with Crippen molar-refractivity contribution in [3.05, 3.63) is 0 Å². The van der Waals surface area contributed by atoms with Crippen molar-refractivity contribution in [3.8, 4) is 0 Å². The van der Waals surface area contributed by atoms with Gasteiger partial charge in [0.25, 0.3) is 0 Å². The van der Waals surface area contributed by atoms with Crippen LogP contribution in [0.3, 0.4) is 0 Å². The average molecular weight is 261 g/mol.